The quantitative estimate of drug-likeness (QED) is 0.816. The van der Waals surface area contributed by atoms with Crippen LogP contribution in [0.25, 0.3) is 0 Å². The van der Waals surface area contributed by atoms with Crippen LogP contribution in [0, 0.1) is 10.8 Å². The minimum atomic E-state index is 0.489. The van der Waals surface area contributed by atoms with E-state index >= 15 is 0 Å². The molecule has 1 heterocycles. The van der Waals surface area contributed by atoms with Gasteiger partial charge in [0.05, 0.1) is 0 Å². The van der Waals surface area contributed by atoms with Crippen LogP contribution in [-0.4, -0.2) is 30.1 Å². The average Bonchev–Trinajstić information content (AvgIpc) is 2.24. The minimum absolute atomic E-state index is 0.489. The minimum Gasteiger partial charge on any atom is -0.329 e. The fourth-order valence-electron chi connectivity index (χ4n) is 4.78. The molecule has 2 aliphatic rings. The maximum atomic E-state index is 5.99. The number of nitrogens with zero attached hydrogens (tertiary/aromatic N) is 1. The Morgan fingerprint density at radius 2 is 1.67 bits per heavy atom. The number of rotatable bonds is 2. The van der Waals surface area contributed by atoms with Crippen molar-refractivity contribution in [2.75, 3.05) is 13.1 Å². The van der Waals surface area contributed by atoms with Gasteiger partial charge in [-0.05, 0) is 49.5 Å². The lowest BCUT2D eigenvalue weighted by Gasteiger charge is -2.51. The Balaban J connectivity index is 2.11. The van der Waals surface area contributed by atoms with Gasteiger partial charge in [0.2, 0.25) is 0 Å². The van der Waals surface area contributed by atoms with Crippen molar-refractivity contribution >= 4 is 0 Å². The van der Waals surface area contributed by atoms with Crippen LogP contribution < -0.4 is 5.73 Å². The Morgan fingerprint density at radius 3 is 2.22 bits per heavy atom. The summed E-state index contributed by atoms with van der Waals surface area (Å²) in [6.45, 7) is 11.9. The molecule has 1 aliphatic heterocycles. The van der Waals surface area contributed by atoms with Crippen molar-refractivity contribution in [2.45, 2.75) is 78.3 Å². The summed E-state index contributed by atoms with van der Waals surface area (Å²) in [5.74, 6) is 0. The molecule has 2 heteroatoms. The Morgan fingerprint density at radius 1 is 1.06 bits per heavy atom. The summed E-state index contributed by atoms with van der Waals surface area (Å²) < 4.78 is 0. The Hall–Kier alpha value is -0.0800. The molecule has 2 rings (SSSR count). The molecule has 1 unspecified atom stereocenters. The Labute approximate surface area is 113 Å². The molecule has 106 valence electrons. The first kappa shape index (κ1) is 14.3. The molecule has 1 aliphatic carbocycles. The van der Waals surface area contributed by atoms with Gasteiger partial charge in [0.1, 0.15) is 0 Å². The first-order chi connectivity index (χ1) is 8.33. The lowest BCUT2D eigenvalue weighted by molar-refractivity contribution is -0.00611. The van der Waals surface area contributed by atoms with Gasteiger partial charge >= 0.3 is 0 Å². The van der Waals surface area contributed by atoms with Gasteiger partial charge in [0.25, 0.3) is 0 Å². The molecule has 0 aromatic rings. The van der Waals surface area contributed by atoms with E-state index in [1.807, 2.05) is 0 Å². The molecule has 0 aromatic carbocycles. The van der Waals surface area contributed by atoms with Crippen molar-refractivity contribution in [3.8, 4) is 0 Å². The smallest absolute Gasteiger partial charge is 0.0221 e. The Kier molecular flexibility index (Phi) is 4.08. The lowest BCUT2D eigenvalue weighted by Crippen LogP contribution is -2.54. The molecule has 2 N–H and O–H groups in total. The molecule has 0 aromatic heterocycles. The largest absolute Gasteiger partial charge is 0.329 e. The molecule has 0 amide bonds. The van der Waals surface area contributed by atoms with Crippen molar-refractivity contribution in [1.82, 2.24) is 4.90 Å². The number of nitrogens with two attached hydrogens (primary N) is 1. The van der Waals surface area contributed by atoms with Gasteiger partial charge in [0.15, 0.2) is 0 Å². The number of hydrogen-bond donors (Lipinski definition) is 1. The fraction of sp³-hybridized carbons (Fsp3) is 1.00. The summed E-state index contributed by atoms with van der Waals surface area (Å²) in [5, 5.41) is 0. The summed E-state index contributed by atoms with van der Waals surface area (Å²) in [4.78, 5) is 2.76. The van der Waals surface area contributed by atoms with Gasteiger partial charge in [-0.25, -0.2) is 0 Å². The van der Waals surface area contributed by atoms with Crippen LogP contribution in [0.2, 0.25) is 0 Å². The maximum Gasteiger partial charge on any atom is 0.0221 e. The van der Waals surface area contributed by atoms with Crippen LogP contribution in [0.5, 0.6) is 0 Å². The molecule has 18 heavy (non-hydrogen) atoms. The van der Waals surface area contributed by atoms with Crippen LogP contribution in [0.1, 0.15) is 66.2 Å². The van der Waals surface area contributed by atoms with E-state index in [1.54, 1.807) is 0 Å². The van der Waals surface area contributed by atoms with E-state index < -0.39 is 0 Å². The Bertz CT molecular complexity index is 267. The standard InChI is InChI=1S/C16H32N2/c1-15(2)9-14(10-16(3,4)12-15)18-8-6-5-7-13(18)11-17/h13-14H,5-12,17H2,1-4H3. The maximum absolute atomic E-state index is 5.99. The number of piperidine rings is 1. The molecule has 1 saturated heterocycles. The van der Waals surface area contributed by atoms with E-state index in [2.05, 4.69) is 32.6 Å². The molecule has 2 nitrogen and oxygen atoms in total. The molecule has 0 bridgehead atoms. The zero-order valence-corrected chi connectivity index (χ0v) is 12.8. The monoisotopic (exact) mass is 252 g/mol. The van der Waals surface area contributed by atoms with Gasteiger partial charge in [-0.3, -0.25) is 4.90 Å². The zero-order valence-electron chi connectivity index (χ0n) is 12.8. The van der Waals surface area contributed by atoms with E-state index in [9.17, 15) is 0 Å². The van der Waals surface area contributed by atoms with Crippen LogP contribution >= 0.6 is 0 Å². The van der Waals surface area contributed by atoms with Crippen LogP contribution in [0.15, 0.2) is 0 Å². The van der Waals surface area contributed by atoms with E-state index in [0.717, 1.165) is 12.6 Å². The fourth-order valence-corrected chi connectivity index (χ4v) is 4.78. The van der Waals surface area contributed by atoms with E-state index in [1.165, 1.54) is 45.1 Å². The summed E-state index contributed by atoms with van der Waals surface area (Å²) in [7, 11) is 0. The highest BCUT2D eigenvalue weighted by molar-refractivity contribution is 4.95. The number of likely N-dealkylation sites (tertiary alicyclic amines) is 1. The molecule has 0 radical (unpaired) electrons. The van der Waals surface area contributed by atoms with Crippen molar-refractivity contribution in [3.63, 3.8) is 0 Å². The molecule has 2 fully saturated rings. The summed E-state index contributed by atoms with van der Waals surface area (Å²) in [6.07, 6.45) is 8.12. The highest BCUT2D eigenvalue weighted by atomic mass is 15.2. The first-order valence-corrected chi connectivity index (χ1v) is 7.79. The van der Waals surface area contributed by atoms with Gasteiger partial charge in [-0.2, -0.15) is 0 Å². The predicted octanol–water partition coefficient (Wildman–Crippen LogP) is 3.40. The van der Waals surface area contributed by atoms with E-state index in [4.69, 9.17) is 5.73 Å². The molecular weight excluding hydrogens is 220 g/mol. The van der Waals surface area contributed by atoms with E-state index in [0.29, 0.717) is 16.9 Å². The van der Waals surface area contributed by atoms with Crippen molar-refractivity contribution in [3.05, 3.63) is 0 Å². The third kappa shape index (κ3) is 3.27. The van der Waals surface area contributed by atoms with Crippen molar-refractivity contribution < 1.29 is 0 Å². The summed E-state index contributed by atoms with van der Waals surface area (Å²) >= 11 is 0. The predicted molar refractivity (Wildman–Crippen MR) is 78.6 cm³/mol. The van der Waals surface area contributed by atoms with Crippen LogP contribution in [-0.2, 0) is 0 Å². The zero-order chi connectivity index (χ0) is 13.4. The van der Waals surface area contributed by atoms with Crippen LogP contribution in [0.4, 0.5) is 0 Å². The van der Waals surface area contributed by atoms with E-state index in [-0.39, 0.29) is 0 Å². The van der Waals surface area contributed by atoms with Crippen LogP contribution in [0.3, 0.4) is 0 Å². The first-order valence-electron chi connectivity index (χ1n) is 7.79. The van der Waals surface area contributed by atoms with Crippen molar-refractivity contribution in [2.24, 2.45) is 16.6 Å². The van der Waals surface area contributed by atoms with Gasteiger partial charge in [-0.15, -0.1) is 0 Å². The summed E-state index contributed by atoms with van der Waals surface area (Å²) in [5.41, 5.74) is 6.97. The third-order valence-corrected chi connectivity index (χ3v) is 4.95. The second-order valence-electron chi connectivity index (χ2n) is 8.19. The SMILES string of the molecule is CC1(C)CC(N2CCCCC2CN)CC(C)(C)C1. The molecule has 0 spiro atoms. The molecule has 1 atom stereocenters. The lowest BCUT2D eigenvalue weighted by atomic mass is 9.63. The highest BCUT2D eigenvalue weighted by Crippen LogP contribution is 2.47. The third-order valence-electron chi connectivity index (χ3n) is 4.95. The average molecular weight is 252 g/mol. The molecular formula is C16H32N2. The highest BCUT2D eigenvalue weighted by Gasteiger charge is 2.42. The second kappa shape index (κ2) is 5.13. The normalized spacial score (nSPS) is 33.5. The van der Waals surface area contributed by atoms with Gasteiger partial charge < -0.3 is 5.73 Å². The topological polar surface area (TPSA) is 29.3 Å². The van der Waals surface area contributed by atoms with Crippen molar-refractivity contribution in [1.29, 1.82) is 0 Å². The number of hydrogen-bond acceptors (Lipinski definition) is 2. The van der Waals surface area contributed by atoms with Gasteiger partial charge in [-0.1, -0.05) is 34.1 Å². The second-order valence-corrected chi connectivity index (χ2v) is 8.19. The molecule has 1 saturated carbocycles. The van der Waals surface area contributed by atoms with Gasteiger partial charge in [0, 0.05) is 18.6 Å². The summed E-state index contributed by atoms with van der Waals surface area (Å²) in [6, 6.07) is 1.41.